The van der Waals surface area contributed by atoms with Gasteiger partial charge in [0.15, 0.2) is 0 Å². The van der Waals surface area contributed by atoms with Gasteiger partial charge in [-0.25, -0.2) is 0 Å². The second-order valence-corrected chi connectivity index (χ2v) is 5.66. The molecule has 0 saturated heterocycles. The van der Waals surface area contributed by atoms with Gasteiger partial charge in [0, 0.05) is 23.1 Å². The van der Waals surface area contributed by atoms with Crippen molar-refractivity contribution in [3.63, 3.8) is 0 Å². The summed E-state index contributed by atoms with van der Waals surface area (Å²) in [6, 6.07) is 14.4. The lowest BCUT2D eigenvalue weighted by molar-refractivity contribution is 0.919. The summed E-state index contributed by atoms with van der Waals surface area (Å²) in [6.07, 6.45) is 0. The fourth-order valence-corrected chi connectivity index (χ4v) is 2.76. The van der Waals surface area contributed by atoms with Crippen molar-refractivity contribution in [2.75, 3.05) is 11.9 Å². The van der Waals surface area contributed by atoms with Gasteiger partial charge in [-0.1, -0.05) is 35.9 Å². The first-order valence-corrected chi connectivity index (χ1v) is 6.95. The topological polar surface area (TPSA) is 3.24 Å². The minimum Gasteiger partial charge on any atom is -0.369 e. The van der Waals surface area contributed by atoms with Crippen molar-refractivity contribution < 1.29 is 0 Å². The highest BCUT2D eigenvalue weighted by atomic mass is 79.9. The molecule has 0 heterocycles. The van der Waals surface area contributed by atoms with Crippen molar-refractivity contribution in [1.29, 1.82) is 0 Å². The molecule has 2 aromatic carbocycles. The quantitative estimate of drug-likeness (QED) is 0.764. The molecule has 94 valence electrons. The lowest BCUT2D eigenvalue weighted by Crippen LogP contribution is -2.17. The van der Waals surface area contributed by atoms with Crippen molar-refractivity contribution in [2.45, 2.75) is 13.5 Å². The molecular formula is C15H15BrClN. The lowest BCUT2D eigenvalue weighted by Gasteiger charge is -2.21. The maximum Gasteiger partial charge on any atom is 0.0511 e. The third-order valence-corrected chi connectivity index (χ3v) is 3.90. The second-order valence-electron chi connectivity index (χ2n) is 4.40. The first-order chi connectivity index (χ1) is 8.58. The van der Waals surface area contributed by atoms with Crippen molar-refractivity contribution in [2.24, 2.45) is 0 Å². The smallest absolute Gasteiger partial charge is 0.0511 e. The van der Waals surface area contributed by atoms with E-state index < -0.39 is 0 Å². The van der Waals surface area contributed by atoms with E-state index in [0.717, 1.165) is 27.3 Å². The zero-order valence-electron chi connectivity index (χ0n) is 10.5. The van der Waals surface area contributed by atoms with Gasteiger partial charge in [0.1, 0.15) is 0 Å². The normalized spacial score (nSPS) is 10.4. The van der Waals surface area contributed by atoms with Crippen LogP contribution in [0.15, 0.2) is 46.9 Å². The molecule has 0 aliphatic rings. The summed E-state index contributed by atoms with van der Waals surface area (Å²) in [4.78, 5) is 2.18. The molecule has 1 nitrogen and oxygen atoms in total. The summed E-state index contributed by atoms with van der Waals surface area (Å²) in [7, 11) is 2.07. The van der Waals surface area contributed by atoms with Crippen LogP contribution in [0.3, 0.4) is 0 Å². The van der Waals surface area contributed by atoms with E-state index in [9.17, 15) is 0 Å². The monoisotopic (exact) mass is 323 g/mol. The molecule has 2 rings (SSSR count). The van der Waals surface area contributed by atoms with Crippen molar-refractivity contribution in [3.8, 4) is 0 Å². The first-order valence-electron chi connectivity index (χ1n) is 5.78. The van der Waals surface area contributed by atoms with E-state index >= 15 is 0 Å². The Morgan fingerprint density at radius 2 is 1.89 bits per heavy atom. The van der Waals surface area contributed by atoms with Crippen molar-refractivity contribution in [3.05, 3.63) is 63.1 Å². The van der Waals surface area contributed by atoms with Crippen LogP contribution >= 0.6 is 27.5 Å². The molecule has 0 radical (unpaired) electrons. The van der Waals surface area contributed by atoms with Gasteiger partial charge in [0.2, 0.25) is 0 Å². The highest BCUT2D eigenvalue weighted by molar-refractivity contribution is 9.10. The molecule has 0 N–H and O–H groups in total. The molecule has 0 fully saturated rings. The number of hydrogen-bond acceptors (Lipinski definition) is 1. The van der Waals surface area contributed by atoms with Crippen molar-refractivity contribution in [1.82, 2.24) is 0 Å². The fraction of sp³-hybridized carbons (Fsp3) is 0.200. The predicted molar refractivity (Wildman–Crippen MR) is 82.4 cm³/mol. The van der Waals surface area contributed by atoms with Gasteiger partial charge in [-0.3, -0.25) is 0 Å². The number of benzene rings is 2. The second kappa shape index (κ2) is 5.77. The Morgan fingerprint density at radius 3 is 2.56 bits per heavy atom. The van der Waals surface area contributed by atoms with E-state index in [1.54, 1.807) is 0 Å². The van der Waals surface area contributed by atoms with Gasteiger partial charge in [-0.05, 0) is 52.2 Å². The largest absolute Gasteiger partial charge is 0.369 e. The summed E-state index contributed by atoms with van der Waals surface area (Å²) in [5.74, 6) is 0. The van der Waals surface area contributed by atoms with Crippen LogP contribution in [0.4, 0.5) is 5.69 Å². The lowest BCUT2D eigenvalue weighted by atomic mass is 10.1. The molecule has 18 heavy (non-hydrogen) atoms. The molecule has 0 aliphatic heterocycles. The summed E-state index contributed by atoms with van der Waals surface area (Å²) >= 11 is 9.83. The summed E-state index contributed by atoms with van der Waals surface area (Å²) in [5.41, 5.74) is 3.49. The number of nitrogens with zero attached hydrogens (tertiary/aromatic N) is 1. The minimum atomic E-state index is 0.793. The highest BCUT2D eigenvalue weighted by Crippen LogP contribution is 2.27. The zero-order valence-corrected chi connectivity index (χ0v) is 12.8. The van der Waals surface area contributed by atoms with E-state index in [-0.39, 0.29) is 0 Å². The Kier molecular flexibility index (Phi) is 4.31. The van der Waals surface area contributed by atoms with Crippen LogP contribution in [0.5, 0.6) is 0 Å². The van der Waals surface area contributed by atoms with Gasteiger partial charge in [-0.2, -0.15) is 0 Å². The van der Waals surface area contributed by atoms with E-state index in [1.165, 1.54) is 5.56 Å². The number of aryl methyl sites for hydroxylation is 1. The third kappa shape index (κ3) is 3.06. The van der Waals surface area contributed by atoms with E-state index in [1.807, 2.05) is 31.2 Å². The summed E-state index contributed by atoms with van der Waals surface area (Å²) < 4.78 is 1.09. The van der Waals surface area contributed by atoms with Crippen LogP contribution in [0.2, 0.25) is 5.02 Å². The highest BCUT2D eigenvalue weighted by Gasteiger charge is 2.08. The average Bonchev–Trinajstić information content (AvgIpc) is 2.33. The molecule has 3 heteroatoms. The van der Waals surface area contributed by atoms with Gasteiger partial charge < -0.3 is 4.90 Å². The molecule has 0 bridgehead atoms. The van der Waals surface area contributed by atoms with Crippen LogP contribution in [-0.4, -0.2) is 7.05 Å². The maximum atomic E-state index is 6.26. The fourth-order valence-electron chi connectivity index (χ4n) is 1.88. The molecule has 0 saturated carbocycles. The Hall–Kier alpha value is -0.990. The number of rotatable bonds is 3. The van der Waals surface area contributed by atoms with Gasteiger partial charge >= 0.3 is 0 Å². The van der Waals surface area contributed by atoms with Crippen LogP contribution in [-0.2, 0) is 6.54 Å². The number of para-hydroxylation sites is 1. The number of hydrogen-bond donors (Lipinski definition) is 0. The Labute approximate surface area is 122 Å². The average molecular weight is 325 g/mol. The van der Waals surface area contributed by atoms with Crippen LogP contribution < -0.4 is 4.90 Å². The van der Waals surface area contributed by atoms with Gasteiger partial charge in [0.05, 0.1) is 5.69 Å². The third-order valence-electron chi connectivity index (χ3n) is 2.88. The molecule has 0 amide bonds. The van der Waals surface area contributed by atoms with E-state index in [2.05, 4.69) is 46.1 Å². The Balaban J connectivity index is 2.21. The minimum absolute atomic E-state index is 0.793. The molecule has 0 aromatic heterocycles. The summed E-state index contributed by atoms with van der Waals surface area (Å²) in [6.45, 7) is 2.84. The predicted octanol–water partition coefficient (Wildman–Crippen LogP) is 5.05. The molecule has 0 aliphatic carbocycles. The van der Waals surface area contributed by atoms with Crippen LogP contribution in [0.25, 0.3) is 0 Å². The van der Waals surface area contributed by atoms with Crippen molar-refractivity contribution >= 4 is 33.2 Å². The van der Waals surface area contributed by atoms with Gasteiger partial charge in [-0.15, -0.1) is 0 Å². The molecular weight excluding hydrogens is 310 g/mol. The molecule has 0 unspecified atom stereocenters. The maximum absolute atomic E-state index is 6.26. The Morgan fingerprint density at radius 1 is 1.17 bits per heavy atom. The number of anilines is 1. The molecule has 0 spiro atoms. The standard InChI is InChI=1S/C15H15BrClN/c1-11-7-8-12(14(17)9-11)10-18(2)15-6-4-3-5-13(15)16/h3-9H,10H2,1-2H3. The molecule has 2 aromatic rings. The number of halogens is 2. The SMILES string of the molecule is Cc1ccc(CN(C)c2ccccc2Br)c(Cl)c1. The van der Waals surface area contributed by atoms with Crippen LogP contribution in [0, 0.1) is 6.92 Å². The van der Waals surface area contributed by atoms with E-state index in [4.69, 9.17) is 11.6 Å². The van der Waals surface area contributed by atoms with Gasteiger partial charge in [0.25, 0.3) is 0 Å². The first kappa shape index (κ1) is 13.4. The van der Waals surface area contributed by atoms with Crippen LogP contribution in [0.1, 0.15) is 11.1 Å². The Bertz CT molecular complexity index is 554. The summed E-state index contributed by atoms with van der Waals surface area (Å²) in [5, 5.41) is 0.828. The zero-order chi connectivity index (χ0) is 13.1. The molecule has 0 atom stereocenters. The van der Waals surface area contributed by atoms with E-state index in [0.29, 0.717) is 0 Å².